The number of benzene rings is 1. The molecule has 2 aromatic rings. The average Bonchev–Trinajstić information content (AvgIpc) is 2.67. The fraction of sp³-hybridized carbons (Fsp3) is 0.368. The number of hydrogen-bond donors (Lipinski definition) is 1. The van der Waals surface area contributed by atoms with Crippen LogP contribution >= 0.6 is 0 Å². The Labute approximate surface area is 147 Å². The van der Waals surface area contributed by atoms with Crippen molar-refractivity contribution in [1.29, 1.82) is 0 Å². The molecule has 132 valence electrons. The van der Waals surface area contributed by atoms with E-state index in [2.05, 4.69) is 20.1 Å². The van der Waals surface area contributed by atoms with E-state index in [1.54, 1.807) is 18.3 Å². The highest BCUT2D eigenvalue weighted by Gasteiger charge is 2.25. The van der Waals surface area contributed by atoms with E-state index in [9.17, 15) is 9.18 Å². The van der Waals surface area contributed by atoms with Gasteiger partial charge in [-0.2, -0.15) is 0 Å². The molecule has 1 aliphatic rings. The first kappa shape index (κ1) is 17.4. The normalized spacial score (nSPS) is 16.5. The van der Waals surface area contributed by atoms with Crippen molar-refractivity contribution in [1.82, 2.24) is 15.2 Å². The predicted octanol–water partition coefficient (Wildman–Crippen LogP) is 2.05. The van der Waals surface area contributed by atoms with Crippen LogP contribution in [-0.4, -0.2) is 48.0 Å². The Bertz CT molecular complexity index is 684. The third kappa shape index (κ3) is 4.54. The van der Waals surface area contributed by atoms with Gasteiger partial charge in [-0.15, -0.1) is 0 Å². The minimum absolute atomic E-state index is 0.00406. The van der Waals surface area contributed by atoms with Gasteiger partial charge in [0.05, 0.1) is 6.04 Å². The van der Waals surface area contributed by atoms with Crippen LogP contribution < -0.4 is 10.2 Å². The van der Waals surface area contributed by atoms with Gasteiger partial charge in [-0.3, -0.25) is 9.69 Å². The number of anilines is 1. The molecule has 3 rings (SSSR count). The van der Waals surface area contributed by atoms with Crippen molar-refractivity contribution in [2.45, 2.75) is 19.5 Å². The van der Waals surface area contributed by atoms with E-state index in [-0.39, 0.29) is 17.8 Å². The van der Waals surface area contributed by atoms with Crippen LogP contribution in [0.25, 0.3) is 0 Å². The summed E-state index contributed by atoms with van der Waals surface area (Å²) in [4.78, 5) is 21.2. The van der Waals surface area contributed by atoms with E-state index in [4.69, 9.17) is 0 Å². The van der Waals surface area contributed by atoms with Crippen LogP contribution in [0.2, 0.25) is 0 Å². The molecule has 1 aromatic carbocycles. The van der Waals surface area contributed by atoms with Crippen molar-refractivity contribution in [2.75, 3.05) is 31.1 Å². The smallest absolute Gasteiger partial charge is 0.237 e. The molecule has 0 spiro atoms. The van der Waals surface area contributed by atoms with E-state index in [0.717, 1.165) is 37.6 Å². The largest absolute Gasteiger partial charge is 0.354 e. The van der Waals surface area contributed by atoms with E-state index in [1.807, 2.05) is 25.1 Å². The Kier molecular flexibility index (Phi) is 5.60. The van der Waals surface area contributed by atoms with Crippen LogP contribution in [0.3, 0.4) is 0 Å². The van der Waals surface area contributed by atoms with Crippen LogP contribution in [0.1, 0.15) is 12.5 Å². The second-order valence-corrected chi connectivity index (χ2v) is 6.23. The Morgan fingerprint density at radius 1 is 1.16 bits per heavy atom. The summed E-state index contributed by atoms with van der Waals surface area (Å²) in [7, 11) is 0. The van der Waals surface area contributed by atoms with Crippen molar-refractivity contribution in [3.63, 3.8) is 0 Å². The van der Waals surface area contributed by atoms with E-state index in [0.29, 0.717) is 6.54 Å². The molecular formula is C19H23FN4O. The summed E-state index contributed by atoms with van der Waals surface area (Å²) >= 11 is 0. The zero-order valence-electron chi connectivity index (χ0n) is 14.4. The molecule has 0 unspecified atom stereocenters. The van der Waals surface area contributed by atoms with Crippen LogP contribution in [0.15, 0.2) is 48.7 Å². The van der Waals surface area contributed by atoms with Gasteiger partial charge in [0, 0.05) is 38.9 Å². The van der Waals surface area contributed by atoms with Crippen LogP contribution in [0.5, 0.6) is 0 Å². The lowest BCUT2D eigenvalue weighted by Crippen LogP contribution is -2.54. The Balaban J connectivity index is 1.47. The highest BCUT2D eigenvalue weighted by atomic mass is 19.1. The van der Waals surface area contributed by atoms with Crippen molar-refractivity contribution in [3.05, 3.63) is 60.0 Å². The summed E-state index contributed by atoms with van der Waals surface area (Å²) in [5.41, 5.74) is 0.891. The van der Waals surface area contributed by atoms with Gasteiger partial charge >= 0.3 is 0 Å². The number of halogens is 1. The Morgan fingerprint density at radius 3 is 2.52 bits per heavy atom. The molecule has 1 atom stereocenters. The number of nitrogens with zero attached hydrogens (tertiary/aromatic N) is 3. The van der Waals surface area contributed by atoms with Gasteiger partial charge < -0.3 is 10.2 Å². The van der Waals surface area contributed by atoms with Gasteiger partial charge in [0.2, 0.25) is 5.91 Å². The van der Waals surface area contributed by atoms with Gasteiger partial charge in [-0.1, -0.05) is 18.2 Å². The summed E-state index contributed by atoms with van der Waals surface area (Å²) in [5, 5.41) is 2.93. The Hall–Kier alpha value is -2.47. The number of hydrogen-bond acceptors (Lipinski definition) is 4. The van der Waals surface area contributed by atoms with Crippen molar-refractivity contribution < 1.29 is 9.18 Å². The highest BCUT2D eigenvalue weighted by Crippen LogP contribution is 2.14. The second kappa shape index (κ2) is 8.07. The maximum absolute atomic E-state index is 12.9. The molecule has 1 fully saturated rings. The van der Waals surface area contributed by atoms with Gasteiger partial charge in [0.1, 0.15) is 11.6 Å². The molecular weight excluding hydrogens is 319 g/mol. The molecule has 1 N–H and O–H groups in total. The molecule has 1 saturated heterocycles. The standard InChI is InChI=1S/C19H23FN4O/c1-15(19(25)22-14-16-5-7-17(20)8-6-16)23-10-12-24(13-11-23)18-4-2-3-9-21-18/h2-9,15H,10-14H2,1H3,(H,22,25)/t15-/m0/s1. The lowest BCUT2D eigenvalue weighted by Gasteiger charge is -2.37. The molecule has 2 heterocycles. The van der Waals surface area contributed by atoms with Gasteiger partial charge in [-0.05, 0) is 36.8 Å². The fourth-order valence-corrected chi connectivity index (χ4v) is 2.98. The number of carbonyl (C=O) groups excluding carboxylic acids is 1. The molecule has 6 heteroatoms. The number of carbonyl (C=O) groups is 1. The molecule has 0 aliphatic carbocycles. The van der Waals surface area contributed by atoms with Gasteiger partial charge in [0.25, 0.3) is 0 Å². The van der Waals surface area contributed by atoms with E-state index in [1.165, 1.54) is 12.1 Å². The van der Waals surface area contributed by atoms with Crippen LogP contribution in [0.4, 0.5) is 10.2 Å². The number of nitrogens with one attached hydrogen (secondary N) is 1. The molecule has 0 bridgehead atoms. The lowest BCUT2D eigenvalue weighted by atomic mass is 10.2. The zero-order valence-corrected chi connectivity index (χ0v) is 14.4. The van der Waals surface area contributed by atoms with E-state index >= 15 is 0 Å². The minimum atomic E-state index is -0.269. The molecule has 25 heavy (non-hydrogen) atoms. The fourth-order valence-electron chi connectivity index (χ4n) is 2.98. The summed E-state index contributed by atoms with van der Waals surface area (Å²) in [5.74, 6) is 0.709. The van der Waals surface area contributed by atoms with Crippen LogP contribution in [-0.2, 0) is 11.3 Å². The molecule has 1 aliphatic heterocycles. The third-order valence-electron chi connectivity index (χ3n) is 4.59. The molecule has 1 amide bonds. The van der Waals surface area contributed by atoms with E-state index < -0.39 is 0 Å². The zero-order chi connectivity index (χ0) is 17.6. The number of pyridine rings is 1. The SMILES string of the molecule is C[C@@H](C(=O)NCc1ccc(F)cc1)N1CCN(c2ccccn2)CC1. The van der Waals surface area contributed by atoms with Gasteiger partial charge in [-0.25, -0.2) is 9.37 Å². The summed E-state index contributed by atoms with van der Waals surface area (Å²) in [6.07, 6.45) is 1.80. The first-order chi connectivity index (χ1) is 12.1. The van der Waals surface area contributed by atoms with Crippen LogP contribution in [0, 0.1) is 5.82 Å². The van der Waals surface area contributed by atoms with Crippen molar-refractivity contribution in [2.24, 2.45) is 0 Å². The summed E-state index contributed by atoms with van der Waals surface area (Å²) < 4.78 is 12.9. The first-order valence-corrected chi connectivity index (χ1v) is 8.55. The Morgan fingerprint density at radius 2 is 1.88 bits per heavy atom. The quantitative estimate of drug-likeness (QED) is 0.903. The van der Waals surface area contributed by atoms with Gasteiger partial charge in [0.15, 0.2) is 0 Å². The number of amides is 1. The lowest BCUT2D eigenvalue weighted by molar-refractivity contribution is -0.126. The number of rotatable bonds is 5. The third-order valence-corrected chi connectivity index (χ3v) is 4.59. The van der Waals surface area contributed by atoms with Crippen molar-refractivity contribution >= 4 is 11.7 Å². The molecule has 0 radical (unpaired) electrons. The predicted molar refractivity (Wildman–Crippen MR) is 95.7 cm³/mol. The monoisotopic (exact) mass is 342 g/mol. The number of aromatic nitrogens is 1. The molecule has 1 aromatic heterocycles. The summed E-state index contributed by atoms with van der Waals surface area (Å²) in [6, 6.07) is 11.9. The second-order valence-electron chi connectivity index (χ2n) is 6.23. The maximum atomic E-state index is 12.9. The molecule has 5 nitrogen and oxygen atoms in total. The average molecular weight is 342 g/mol. The summed E-state index contributed by atoms with van der Waals surface area (Å²) in [6.45, 7) is 5.69. The molecule has 0 saturated carbocycles. The first-order valence-electron chi connectivity index (χ1n) is 8.55. The topological polar surface area (TPSA) is 48.5 Å². The van der Waals surface area contributed by atoms with Crippen molar-refractivity contribution in [3.8, 4) is 0 Å². The highest BCUT2D eigenvalue weighted by molar-refractivity contribution is 5.81. The number of piperazine rings is 1. The minimum Gasteiger partial charge on any atom is -0.354 e. The maximum Gasteiger partial charge on any atom is 0.237 e.